The largest absolute Gasteiger partial charge is 0.478 e. The second kappa shape index (κ2) is 7.16. The zero-order valence-corrected chi connectivity index (χ0v) is 11.8. The topological polar surface area (TPSA) is 92.4 Å². The number of carboxylic acids is 1. The lowest BCUT2D eigenvalue weighted by Gasteiger charge is -2.13. The Bertz CT molecular complexity index is 477. The predicted molar refractivity (Wildman–Crippen MR) is 77.7 cm³/mol. The van der Waals surface area contributed by atoms with Crippen LogP contribution in [0.15, 0.2) is 18.2 Å². The quantitative estimate of drug-likeness (QED) is 0.738. The van der Waals surface area contributed by atoms with E-state index >= 15 is 0 Å². The SMILES string of the molecule is CSCC[C@@H](N)C(=O)Nc1ccc(C)cc1C(=O)O. The molecule has 0 saturated heterocycles. The van der Waals surface area contributed by atoms with Gasteiger partial charge in [0.15, 0.2) is 0 Å². The molecular formula is C13H18N2O3S. The number of carbonyl (C=O) groups is 2. The molecule has 0 saturated carbocycles. The van der Waals surface area contributed by atoms with Crippen LogP contribution in [0.5, 0.6) is 0 Å². The van der Waals surface area contributed by atoms with Crippen LogP contribution in [0, 0.1) is 6.92 Å². The van der Waals surface area contributed by atoms with Gasteiger partial charge in [0.25, 0.3) is 0 Å². The molecule has 0 fully saturated rings. The number of anilines is 1. The van der Waals surface area contributed by atoms with Gasteiger partial charge in [0.2, 0.25) is 5.91 Å². The molecule has 1 aromatic rings. The second-order valence-electron chi connectivity index (χ2n) is 4.23. The third-order valence-corrected chi connectivity index (χ3v) is 3.28. The number of aryl methyl sites for hydroxylation is 1. The average molecular weight is 282 g/mol. The van der Waals surface area contributed by atoms with E-state index in [0.29, 0.717) is 6.42 Å². The Morgan fingerprint density at radius 3 is 2.74 bits per heavy atom. The van der Waals surface area contributed by atoms with Crippen molar-refractivity contribution in [2.75, 3.05) is 17.3 Å². The standard InChI is InChI=1S/C13H18N2O3S/c1-8-3-4-11(9(7-8)13(17)18)15-12(16)10(14)5-6-19-2/h3-4,7,10H,5-6,14H2,1-2H3,(H,15,16)(H,17,18)/t10-/m1/s1. The van der Waals surface area contributed by atoms with Crippen LogP contribution >= 0.6 is 11.8 Å². The van der Waals surface area contributed by atoms with Crippen molar-refractivity contribution in [1.82, 2.24) is 0 Å². The summed E-state index contributed by atoms with van der Waals surface area (Å²) in [6, 6.07) is 4.22. The highest BCUT2D eigenvalue weighted by Gasteiger charge is 2.17. The van der Waals surface area contributed by atoms with Gasteiger partial charge >= 0.3 is 5.97 Å². The highest BCUT2D eigenvalue weighted by atomic mass is 32.2. The van der Waals surface area contributed by atoms with Crippen LogP contribution in [0.1, 0.15) is 22.3 Å². The zero-order valence-electron chi connectivity index (χ0n) is 11.0. The van der Waals surface area contributed by atoms with Gasteiger partial charge in [-0.3, -0.25) is 4.79 Å². The van der Waals surface area contributed by atoms with Gasteiger partial charge in [-0.05, 0) is 37.5 Å². The molecule has 5 nitrogen and oxygen atoms in total. The lowest BCUT2D eigenvalue weighted by Crippen LogP contribution is -2.36. The molecule has 0 aliphatic rings. The summed E-state index contributed by atoms with van der Waals surface area (Å²) in [6.07, 6.45) is 2.49. The van der Waals surface area contributed by atoms with Crippen molar-refractivity contribution >= 4 is 29.3 Å². The third kappa shape index (κ3) is 4.57. The number of carbonyl (C=O) groups excluding carboxylic acids is 1. The summed E-state index contributed by atoms with van der Waals surface area (Å²) in [5.74, 6) is -0.647. The maximum Gasteiger partial charge on any atom is 0.337 e. The highest BCUT2D eigenvalue weighted by Crippen LogP contribution is 2.18. The van der Waals surface area contributed by atoms with Gasteiger partial charge in [-0.25, -0.2) is 4.79 Å². The number of hydrogen-bond donors (Lipinski definition) is 3. The summed E-state index contributed by atoms with van der Waals surface area (Å²) in [7, 11) is 0. The third-order valence-electron chi connectivity index (χ3n) is 2.63. The molecule has 0 unspecified atom stereocenters. The first kappa shape index (κ1) is 15.5. The molecule has 1 amide bonds. The van der Waals surface area contributed by atoms with Gasteiger partial charge in [-0.1, -0.05) is 11.6 Å². The van der Waals surface area contributed by atoms with Crippen molar-refractivity contribution in [3.05, 3.63) is 29.3 Å². The van der Waals surface area contributed by atoms with Gasteiger partial charge < -0.3 is 16.2 Å². The number of hydrogen-bond acceptors (Lipinski definition) is 4. The van der Waals surface area contributed by atoms with E-state index < -0.39 is 12.0 Å². The van der Waals surface area contributed by atoms with Crippen molar-refractivity contribution < 1.29 is 14.7 Å². The lowest BCUT2D eigenvalue weighted by molar-refractivity contribution is -0.117. The van der Waals surface area contributed by atoms with E-state index in [0.717, 1.165) is 11.3 Å². The molecule has 0 bridgehead atoms. The zero-order chi connectivity index (χ0) is 14.4. The van der Waals surface area contributed by atoms with Crippen molar-refractivity contribution in [2.45, 2.75) is 19.4 Å². The molecule has 1 rings (SSSR count). The minimum atomic E-state index is -1.07. The highest BCUT2D eigenvalue weighted by molar-refractivity contribution is 7.98. The summed E-state index contributed by atoms with van der Waals surface area (Å²) >= 11 is 1.61. The van der Waals surface area contributed by atoms with E-state index in [-0.39, 0.29) is 17.2 Å². The molecule has 104 valence electrons. The van der Waals surface area contributed by atoms with E-state index in [1.54, 1.807) is 30.8 Å². The molecular weight excluding hydrogens is 264 g/mol. The van der Waals surface area contributed by atoms with Crippen molar-refractivity contribution in [3.8, 4) is 0 Å². The number of carboxylic acid groups (broad SMARTS) is 1. The molecule has 0 aliphatic carbocycles. The monoisotopic (exact) mass is 282 g/mol. The lowest BCUT2D eigenvalue weighted by atomic mass is 10.1. The molecule has 1 aromatic carbocycles. The van der Waals surface area contributed by atoms with Crippen molar-refractivity contribution in [2.24, 2.45) is 5.73 Å². The molecule has 1 atom stereocenters. The maximum atomic E-state index is 11.8. The summed E-state index contributed by atoms with van der Waals surface area (Å²) in [4.78, 5) is 23.0. The normalized spacial score (nSPS) is 11.9. The van der Waals surface area contributed by atoms with Crippen molar-refractivity contribution in [3.63, 3.8) is 0 Å². The van der Waals surface area contributed by atoms with Gasteiger partial charge in [-0.15, -0.1) is 0 Å². The average Bonchev–Trinajstić information content (AvgIpc) is 2.37. The summed E-state index contributed by atoms with van der Waals surface area (Å²) in [5.41, 5.74) is 6.91. The van der Waals surface area contributed by atoms with Crippen molar-refractivity contribution in [1.29, 1.82) is 0 Å². The van der Waals surface area contributed by atoms with Crippen LogP contribution in [0.3, 0.4) is 0 Å². The van der Waals surface area contributed by atoms with Crippen LogP contribution in [0.4, 0.5) is 5.69 Å². The first-order chi connectivity index (χ1) is 8.95. The number of benzene rings is 1. The van der Waals surface area contributed by atoms with Gasteiger partial charge in [0.05, 0.1) is 17.3 Å². The number of thioether (sulfide) groups is 1. The number of amides is 1. The van der Waals surface area contributed by atoms with Crippen LogP contribution in [0.25, 0.3) is 0 Å². The second-order valence-corrected chi connectivity index (χ2v) is 5.22. The molecule has 6 heteroatoms. The van der Waals surface area contributed by atoms with E-state index in [2.05, 4.69) is 5.32 Å². The molecule has 0 spiro atoms. The molecule has 0 heterocycles. The first-order valence-corrected chi connectivity index (χ1v) is 7.24. The molecule has 19 heavy (non-hydrogen) atoms. The van der Waals surface area contributed by atoms with Gasteiger partial charge in [-0.2, -0.15) is 11.8 Å². The van der Waals surface area contributed by atoms with Crippen LogP contribution < -0.4 is 11.1 Å². The van der Waals surface area contributed by atoms with E-state index in [1.165, 1.54) is 6.07 Å². The van der Waals surface area contributed by atoms with Crippen LogP contribution in [-0.2, 0) is 4.79 Å². The fraction of sp³-hybridized carbons (Fsp3) is 0.385. The van der Waals surface area contributed by atoms with E-state index in [9.17, 15) is 9.59 Å². The smallest absolute Gasteiger partial charge is 0.337 e. The minimum Gasteiger partial charge on any atom is -0.478 e. The van der Waals surface area contributed by atoms with Gasteiger partial charge in [0.1, 0.15) is 0 Å². The summed E-state index contributed by atoms with van der Waals surface area (Å²) in [5, 5.41) is 11.7. The maximum absolute atomic E-state index is 11.8. The Kier molecular flexibility index (Phi) is 5.85. The summed E-state index contributed by atoms with van der Waals surface area (Å²) < 4.78 is 0. The predicted octanol–water partition coefficient (Wildman–Crippen LogP) is 1.71. The Hall–Kier alpha value is -1.53. The first-order valence-electron chi connectivity index (χ1n) is 5.85. The number of rotatable bonds is 6. The van der Waals surface area contributed by atoms with Crippen LogP contribution in [0.2, 0.25) is 0 Å². The minimum absolute atomic E-state index is 0.0745. The van der Waals surface area contributed by atoms with Crippen LogP contribution in [-0.4, -0.2) is 35.0 Å². The van der Waals surface area contributed by atoms with E-state index in [1.807, 2.05) is 6.26 Å². The Morgan fingerprint density at radius 2 is 2.16 bits per heavy atom. The Morgan fingerprint density at radius 1 is 1.47 bits per heavy atom. The Balaban J connectivity index is 2.81. The summed E-state index contributed by atoms with van der Waals surface area (Å²) in [6.45, 7) is 1.79. The fourth-order valence-electron chi connectivity index (χ4n) is 1.55. The molecule has 0 aliphatic heterocycles. The van der Waals surface area contributed by atoms with E-state index in [4.69, 9.17) is 10.8 Å². The molecule has 4 N–H and O–H groups in total. The molecule has 0 aromatic heterocycles. The molecule has 0 radical (unpaired) electrons. The Labute approximate surface area is 116 Å². The fourth-order valence-corrected chi connectivity index (χ4v) is 2.04. The number of aromatic carboxylic acids is 1. The number of nitrogens with two attached hydrogens (primary N) is 1. The van der Waals surface area contributed by atoms with Gasteiger partial charge in [0, 0.05) is 0 Å². The number of nitrogens with one attached hydrogen (secondary N) is 1.